The van der Waals surface area contributed by atoms with Crippen LogP contribution in [-0.4, -0.2) is 6.29 Å². The van der Waals surface area contributed by atoms with E-state index in [1.165, 1.54) is 56.6 Å². The summed E-state index contributed by atoms with van der Waals surface area (Å²) in [4.78, 5) is 10.5. The molecule has 0 radical (unpaired) electrons. The predicted molar refractivity (Wildman–Crippen MR) is 122 cm³/mol. The van der Waals surface area contributed by atoms with Crippen LogP contribution in [0.3, 0.4) is 0 Å². The van der Waals surface area contributed by atoms with E-state index in [2.05, 4.69) is 30.9 Å². The van der Waals surface area contributed by atoms with E-state index in [1.807, 2.05) is 18.2 Å². The highest BCUT2D eigenvalue weighted by molar-refractivity contribution is 5.50. The van der Waals surface area contributed by atoms with Crippen molar-refractivity contribution in [1.82, 2.24) is 0 Å². The lowest BCUT2D eigenvalue weighted by Gasteiger charge is -2.28. The molecule has 0 saturated heterocycles. The summed E-state index contributed by atoms with van der Waals surface area (Å²) in [6.07, 6.45) is 12.6. The molecule has 1 aliphatic carbocycles. The molecule has 0 aromatic heterocycles. The van der Waals surface area contributed by atoms with Gasteiger partial charge in [0.25, 0.3) is 0 Å². The number of aldehydes is 1. The third kappa shape index (κ3) is 6.84. The smallest absolute Gasteiger partial charge is 0.139 e. The lowest BCUT2D eigenvalue weighted by Crippen LogP contribution is -2.15. The Kier molecular flexibility index (Phi) is 8.69. The first-order valence-corrected chi connectivity index (χ1v) is 11.5. The molecule has 0 aliphatic heterocycles. The van der Waals surface area contributed by atoms with Gasteiger partial charge in [-0.05, 0) is 66.5 Å². The molecule has 0 unspecified atom stereocenters. The Morgan fingerprint density at radius 3 is 2.20 bits per heavy atom. The largest absolute Gasteiger partial charge is 0.303 e. The monoisotopic (exact) mass is 404 g/mol. The van der Waals surface area contributed by atoms with Gasteiger partial charge in [0.2, 0.25) is 0 Å². The van der Waals surface area contributed by atoms with E-state index < -0.39 is 0 Å². The maximum absolute atomic E-state index is 14.2. The predicted octanol–water partition coefficient (Wildman–Crippen LogP) is 6.90. The van der Waals surface area contributed by atoms with Gasteiger partial charge in [0.15, 0.2) is 0 Å². The molecule has 0 bridgehead atoms. The molecule has 2 aromatic carbocycles. The average Bonchev–Trinajstić information content (AvgIpc) is 2.77. The maximum atomic E-state index is 14.2. The lowest BCUT2D eigenvalue weighted by molar-refractivity contribution is -0.107. The van der Waals surface area contributed by atoms with Crippen molar-refractivity contribution >= 4 is 6.29 Å². The van der Waals surface area contributed by atoms with Crippen molar-refractivity contribution in [3.8, 4) is 11.8 Å². The second-order valence-electron chi connectivity index (χ2n) is 8.68. The number of benzene rings is 2. The Labute approximate surface area is 181 Å². The summed E-state index contributed by atoms with van der Waals surface area (Å²) in [5.41, 5.74) is 3.49. The molecule has 1 fully saturated rings. The van der Waals surface area contributed by atoms with Crippen LogP contribution in [-0.2, 0) is 17.6 Å². The molecular formula is C28H33FO. The minimum Gasteiger partial charge on any atom is -0.303 e. The molecule has 1 aliphatic rings. The highest BCUT2D eigenvalue weighted by Gasteiger charge is 2.20. The number of carbonyl (C=O) groups is 1. The zero-order valence-corrected chi connectivity index (χ0v) is 18.1. The summed E-state index contributed by atoms with van der Waals surface area (Å²) in [6, 6.07) is 13.4. The molecule has 3 rings (SSSR count). The van der Waals surface area contributed by atoms with E-state index >= 15 is 0 Å². The van der Waals surface area contributed by atoms with E-state index in [0.29, 0.717) is 18.4 Å². The summed E-state index contributed by atoms with van der Waals surface area (Å²) in [5, 5.41) is 0. The Hall–Kier alpha value is -2.40. The third-order valence-corrected chi connectivity index (χ3v) is 6.38. The molecule has 0 heterocycles. The van der Waals surface area contributed by atoms with Gasteiger partial charge < -0.3 is 4.79 Å². The van der Waals surface area contributed by atoms with Gasteiger partial charge in [0, 0.05) is 12.0 Å². The SMILES string of the molecule is CCCC1CCC(CCc2ccc(C#Cc3ccc(CCC=O)cc3F)cc2)CC1. The van der Waals surface area contributed by atoms with Gasteiger partial charge in [-0.2, -0.15) is 0 Å². The number of hydrogen-bond acceptors (Lipinski definition) is 1. The summed E-state index contributed by atoms with van der Waals surface area (Å²) < 4.78 is 14.2. The van der Waals surface area contributed by atoms with Crippen LogP contribution in [0.15, 0.2) is 42.5 Å². The van der Waals surface area contributed by atoms with Gasteiger partial charge in [0.05, 0.1) is 5.56 Å². The molecule has 0 amide bonds. The summed E-state index contributed by atoms with van der Waals surface area (Å²) >= 11 is 0. The van der Waals surface area contributed by atoms with E-state index in [4.69, 9.17) is 0 Å². The van der Waals surface area contributed by atoms with Crippen LogP contribution in [0.4, 0.5) is 4.39 Å². The second-order valence-corrected chi connectivity index (χ2v) is 8.68. The molecule has 0 atom stereocenters. The van der Waals surface area contributed by atoms with Crippen LogP contribution < -0.4 is 0 Å². The fourth-order valence-corrected chi connectivity index (χ4v) is 4.52. The summed E-state index contributed by atoms with van der Waals surface area (Å²) in [5.74, 6) is 7.54. The molecule has 2 aromatic rings. The number of aryl methyl sites for hydroxylation is 2. The van der Waals surface area contributed by atoms with Crippen LogP contribution in [0, 0.1) is 29.5 Å². The Morgan fingerprint density at radius 2 is 1.57 bits per heavy atom. The third-order valence-electron chi connectivity index (χ3n) is 6.38. The van der Waals surface area contributed by atoms with Crippen LogP contribution >= 0.6 is 0 Å². The first-order valence-electron chi connectivity index (χ1n) is 11.5. The number of hydrogen-bond donors (Lipinski definition) is 0. The Morgan fingerprint density at radius 1 is 0.900 bits per heavy atom. The van der Waals surface area contributed by atoms with Crippen LogP contribution in [0.25, 0.3) is 0 Å². The number of carbonyl (C=O) groups excluding carboxylic acids is 1. The fraction of sp³-hybridized carbons (Fsp3) is 0.464. The molecule has 1 saturated carbocycles. The van der Waals surface area contributed by atoms with Crippen LogP contribution in [0.1, 0.15) is 80.5 Å². The van der Waals surface area contributed by atoms with Gasteiger partial charge in [-0.15, -0.1) is 0 Å². The van der Waals surface area contributed by atoms with E-state index in [1.54, 1.807) is 6.07 Å². The fourth-order valence-electron chi connectivity index (χ4n) is 4.52. The molecule has 158 valence electrons. The average molecular weight is 405 g/mol. The van der Waals surface area contributed by atoms with Crippen LogP contribution in [0.5, 0.6) is 0 Å². The molecule has 0 spiro atoms. The summed E-state index contributed by atoms with van der Waals surface area (Å²) in [7, 11) is 0. The van der Waals surface area contributed by atoms with Gasteiger partial charge in [-0.1, -0.05) is 75.5 Å². The van der Waals surface area contributed by atoms with Gasteiger partial charge in [-0.25, -0.2) is 4.39 Å². The molecule has 0 N–H and O–H groups in total. The lowest BCUT2D eigenvalue weighted by atomic mass is 9.78. The zero-order chi connectivity index (χ0) is 21.2. The normalized spacial score (nSPS) is 18.5. The molecule has 30 heavy (non-hydrogen) atoms. The standard InChI is InChI=1S/C28H33FO/c1-2-4-22-6-8-23(9-7-22)10-11-24-12-14-25(15-13-24)16-18-27-19-17-26(5-3-20-30)21-28(27)29/h12-15,17,19-23H,2-11H2,1H3. The first-order chi connectivity index (χ1) is 14.7. The van der Waals surface area contributed by atoms with Crippen molar-refractivity contribution < 1.29 is 9.18 Å². The number of halogens is 1. The highest BCUT2D eigenvalue weighted by atomic mass is 19.1. The molecular weight excluding hydrogens is 371 g/mol. The highest BCUT2D eigenvalue weighted by Crippen LogP contribution is 2.33. The maximum Gasteiger partial charge on any atom is 0.139 e. The van der Waals surface area contributed by atoms with Crippen LogP contribution in [0.2, 0.25) is 0 Å². The number of rotatable bonds is 8. The second kappa shape index (κ2) is 11.7. The van der Waals surface area contributed by atoms with Crippen molar-refractivity contribution in [3.63, 3.8) is 0 Å². The van der Waals surface area contributed by atoms with Crippen molar-refractivity contribution in [2.45, 2.75) is 71.1 Å². The van der Waals surface area contributed by atoms with Crippen molar-refractivity contribution in [3.05, 3.63) is 70.5 Å². The minimum atomic E-state index is -0.323. The molecule has 2 heteroatoms. The summed E-state index contributed by atoms with van der Waals surface area (Å²) in [6.45, 7) is 2.30. The minimum absolute atomic E-state index is 0.323. The van der Waals surface area contributed by atoms with Gasteiger partial charge in [0.1, 0.15) is 12.1 Å². The van der Waals surface area contributed by atoms with Gasteiger partial charge in [-0.3, -0.25) is 0 Å². The molecule has 1 nitrogen and oxygen atoms in total. The first kappa shape index (κ1) is 22.3. The topological polar surface area (TPSA) is 17.1 Å². The quantitative estimate of drug-likeness (QED) is 0.346. The van der Waals surface area contributed by atoms with E-state index in [-0.39, 0.29) is 5.82 Å². The van der Waals surface area contributed by atoms with Crippen molar-refractivity contribution in [2.24, 2.45) is 11.8 Å². The van der Waals surface area contributed by atoms with Gasteiger partial charge >= 0.3 is 0 Å². The van der Waals surface area contributed by atoms with E-state index in [0.717, 1.165) is 35.7 Å². The zero-order valence-electron chi connectivity index (χ0n) is 18.1. The van der Waals surface area contributed by atoms with Crippen molar-refractivity contribution in [1.29, 1.82) is 0 Å². The van der Waals surface area contributed by atoms with E-state index in [9.17, 15) is 9.18 Å². The van der Waals surface area contributed by atoms with Crippen molar-refractivity contribution in [2.75, 3.05) is 0 Å². The Bertz CT molecular complexity index is 864. The Balaban J connectivity index is 1.50.